The third-order valence-electron chi connectivity index (χ3n) is 6.26. The van der Waals surface area contributed by atoms with Gasteiger partial charge >= 0.3 is 5.97 Å². The molecule has 2 aliphatic heterocycles. The van der Waals surface area contributed by atoms with Crippen molar-refractivity contribution in [1.29, 1.82) is 0 Å². The fourth-order valence-corrected chi connectivity index (χ4v) is 5.27. The van der Waals surface area contributed by atoms with Crippen LogP contribution in [0, 0.1) is 5.92 Å². The van der Waals surface area contributed by atoms with Gasteiger partial charge in [0.2, 0.25) is 0 Å². The van der Waals surface area contributed by atoms with E-state index in [1.165, 1.54) is 5.06 Å². The Balaban J connectivity index is 1.99. The van der Waals surface area contributed by atoms with Crippen molar-refractivity contribution >= 4 is 11.8 Å². The molecule has 0 aliphatic carbocycles. The minimum Gasteiger partial charge on any atom is -0.462 e. The highest BCUT2D eigenvalue weighted by atomic mass is 16.5. The summed E-state index contributed by atoms with van der Waals surface area (Å²) in [7, 11) is 0. The molecule has 0 saturated carbocycles. The van der Waals surface area contributed by atoms with Gasteiger partial charge in [-0.2, -0.15) is 5.06 Å². The molecule has 0 atom stereocenters. The van der Waals surface area contributed by atoms with Crippen LogP contribution in [0.2, 0.25) is 0 Å². The van der Waals surface area contributed by atoms with Gasteiger partial charge in [-0.05, 0) is 68.2 Å². The van der Waals surface area contributed by atoms with Crippen molar-refractivity contribution in [2.24, 2.45) is 5.92 Å². The Morgan fingerprint density at radius 2 is 1.29 bits per heavy atom. The van der Waals surface area contributed by atoms with E-state index in [-0.39, 0.29) is 24.2 Å². The van der Waals surface area contributed by atoms with E-state index in [9.17, 15) is 20.0 Å². The molecule has 0 amide bonds. The quantitative estimate of drug-likeness (QED) is 0.577. The van der Waals surface area contributed by atoms with Crippen molar-refractivity contribution in [2.75, 3.05) is 0 Å². The van der Waals surface area contributed by atoms with Gasteiger partial charge in [0.25, 0.3) is 0 Å². The fourth-order valence-electron chi connectivity index (χ4n) is 5.27. The van der Waals surface area contributed by atoms with E-state index in [0.717, 1.165) is 5.06 Å². The normalized spacial score (nSPS) is 28.1. The summed E-state index contributed by atoms with van der Waals surface area (Å²) < 4.78 is 5.63. The molecule has 7 heteroatoms. The molecule has 1 radical (unpaired) electrons. The average Bonchev–Trinajstić information content (AvgIpc) is 2.48. The Morgan fingerprint density at radius 3 is 1.71 bits per heavy atom. The van der Waals surface area contributed by atoms with Crippen molar-refractivity contribution in [3.63, 3.8) is 0 Å². The lowest BCUT2D eigenvalue weighted by atomic mass is 9.73. The molecular weight excluding hydrogens is 360 g/mol. The zero-order chi connectivity index (χ0) is 21.7. The molecule has 0 spiro atoms. The summed E-state index contributed by atoms with van der Waals surface area (Å²) in [6.45, 7) is 15.0. The van der Waals surface area contributed by atoms with Crippen LogP contribution >= 0.6 is 0 Å². The number of hydrogen-bond donors (Lipinski definition) is 1. The summed E-state index contributed by atoms with van der Waals surface area (Å²) in [5.41, 5.74) is -2.33. The van der Waals surface area contributed by atoms with Crippen molar-refractivity contribution in [1.82, 2.24) is 10.1 Å². The molecular formula is C21H37N2O5. The lowest BCUT2D eigenvalue weighted by Gasteiger charge is -2.51. The first-order valence-corrected chi connectivity index (χ1v) is 10.2. The van der Waals surface area contributed by atoms with Crippen LogP contribution in [0.1, 0.15) is 87.5 Å². The average molecular weight is 398 g/mol. The first kappa shape index (κ1) is 23.3. The van der Waals surface area contributed by atoms with E-state index in [0.29, 0.717) is 25.7 Å². The molecule has 2 heterocycles. The molecule has 0 aromatic heterocycles. The number of ether oxygens (including phenoxy) is 1. The van der Waals surface area contributed by atoms with E-state index >= 15 is 0 Å². The van der Waals surface area contributed by atoms with Gasteiger partial charge in [-0.15, -0.1) is 10.3 Å². The Kier molecular flexibility index (Phi) is 6.10. The zero-order valence-electron chi connectivity index (χ0n) is 18.7. The highest BCUT2D eigenvalue weighted by molar-refractivity contribution is 5.97. The van der Waals surface area contributed by atoms with Crippen LogP contribution in [-0.2, 0) is 19.5 Å². The van der Waals surface area contributed by atoms with Crippen LogP contribution in [0.5, 0.6) is 0 Å². The number of ketones is 1. The Hall–Kier alpha value is -1.02. The van der Waals surface area contributed by atoms with Gasteiger partial charge in [0.1, 0.15) is 18.3 Å². The largest absolute Gasteiger partial charge is 0.462 e. The molecule has 1 N–H and O–H groups in total. The van der Waals surface area contributed by atoms with Gasteiger partial charge in [0.15, 0.2) is 0 Å². The SMILES string of the molecule is CC1(C)CC(C(=O)CC(=O)OC2CC(C)(C)N(O)C(C)(C)C2)CC(C)(C)N1[O]. The number of carbonyl (C=O) groups is 2. The highest BCUT2D eigenvalue weighted by Gasteiger charge is 2.49. The fraction of sp³-hybridized carbons (Fsp3) is 0.905. The number of hydrogen-bond acceptors (Lipinski definition) is 6. The summed E-state index contributed by atoms with van der Waals surface area (Å²) in [6.07, 6.45) is 1.27. The van der Waals surface area contributed by atoms with E-state index in [4.69, 9.17) is 4.74 Å². The van der Waals surface area contributed by atoms with Crippen LogP contribution < -0.4 is 0 Å². The third kappa shape index (κ3) is 4.75. The smallest absolute Gasteiger partial charge is 0.313 e. The van der Waals surface area contributed by atoms with Gasteiger partial charge in [0, 0.05) is 40.9 Å². The van der Waals surface area contributed by atoms with Crippen LogP contribution in [0.4, 0.5) is 0 Å². The molecule has 0 aromatic carbocycles. The molecule has 7 nitrogen and oxygen atoms in total. The maximum Gasteiger partial charge on any atom is 0.313 e. The molecule has 0 unspecified atom stereocenters. The minimum absolute atomic E-state index is 0.155. The Labute approximate surface area is 168 Å². The summed E-state index contributed by atoms with van der Waals surface area (Å²) in [4.78, 5) is 25.2. The third-order valence-corrected chi connectivity index (χ3v) is 6.26. The molecule has 2 saturated heterocycles. The number of hydroxylamine groups is 4. The molecule has 0 bridgehead atoms. The Bertz CT molecular complexity index is 590. The standard InChI is InChI=1S/C21H37N2O5/c1-18(2)10-14(11-19(3,4)22(18)26)16(24)9-17(25)28-15-12-20(5,6)23(27)21(7,8)13-15/h14-15,27H,9-13H2,1-8H3. The minimum atomic E-state index is -0.645. The van der Waals surface area contributed by atoms with Gasteiger partial charge in [0.05, 0.1) is 0 Å². The zero-order valence-corrected chi connectivity index (χ0v) is 18.7. The maximum absolute atomic E-state index is 12.8. The summed E-state index contributed by atoms with van der Waals surface area (Å²) in [6, 6.07) is 0. The highest BCUT2D eigenvalue weighted by Crippen LogP contribution is 2.41. The molecule has 2 fully saturated rings. The molecule has 2 rings (SSSR count). The molecule has 0 aromatic rings. The van der Waals surface area contributed by atoms with E-state index < -0.39 is 28.1 Å². The number of esters is 1. The van der Waals surface area contributed by atoms with E-state index in [2.05, 4.69) is 0 Å². The van der Waals surface area contributed by atoms with Gasteiger partial charge in [-0.3, -0.25) is 9.59 Å². The van der Waals surface area contributed by atoms with E-state index in [1.807, 2.05) is 55.4 Å². The van der Waals surface area contributed by atoms with Crippen molar-refractivity contribution in [3.05, 3.63) is 0 Å². The first-order chi connectivity index (χ1) is 12.5. The lowest BCUT2D eigenvalue weighted by molar-refractivity contribution is -0.292. The number of nitrogens with zero attached hydrogens (tertiary/aromatic N) is 2. The lowest BCUT2D eigenvalue weighted by Crippen LogP contribution is -2.60. The van der Waals surface area contributed by atoms with Crippen LogP contribution in [0.15, 0.2) is 0 Å². The maximum atomic E-state index is 12.8. The second-order valence-corrected chi connectivity index (χ2v) is 11.1. The number of carbonyl (C=O) groups excluding carboxylic acids is 2. The van der Waals surface area contributed by atoms with Crippen LogP contribution in [0.3, 0.4) is 0 Å². The molecule has 2 aliphatic rings. The topological polar surface area (TPSA) is 90.0 Å². The molecule has 28 heavy (non-hydrogen) atoms. The van der Waals surface area contributed by atoms with Crippen molar-refractivity contribution < 1.29 is 24.7 Å². The summed E-state index contributed by atoms with van der Waals surface area (Å²) >= 11 is 0. The predicted octanol–water partition coefficient (Wildman–Crippen LogP) is 3.51. The van der Waals surface area contributed by atoms with Crippen LogP contribution in [0.25, 0.3) is 0 Å². The van der Waals surface area contributed by atoms with Gasteiger partial charge in [-0.25, -0.2) is 0 Å². The predicted molar refractivity (Wildman–Crippen MR) is 104 cm³/mol. The first-order valence-electron chi connectivity index (χ1n) is 10.2. The Morgan fingerprint density at radius 1 is 0.857 bits per heavy atom. The summed E-state index contributed by atoms with van der Waals surface area (Å²) in [5, 5.41) is 25.2. The molecule has 161 valence electrons. The van der Waals surface area contributed by atoms with Crippen molar-refractivity contribution in [2.45, 2.75) is 116 Å². The second-order valence-electron chi connectivity index (χ2n) is 11.1. The number of rotatable bonds is 4. The van der Waals surface area contributed by atoms with Gasteiger partial charge < -0.3 is 9.94 Å². The number of piperidine rings is 2. The summed E-state index contributed by atoms with van der Waals surface area (Å²) in [5.74, 6) is -1.000. The van der Waals surface area contributed by atoms with Gasteiger partial charge in [-0.1, -0.05) is 0 Å². The van der Waals surface area contributed by atoms with Crippen LogP contribution in [-0.4, -0.2) is 55.3 Å². The van der Waals surface area contributed by atoms with E-state index in [1.54, 1.807) is 0 Å². The van der Waals surface area contributed by atoms with Crippen molar-refractivity contribution in [3.8, 4) is 0 Å². The number of Topliss-reactive ketones (excluding diaryl/α,β-unsaturated/α-hetero) is 1. The monoisotopic (exact) mass is 397 g/mol. The second kappa shape index (κ2) is 7.35.